The summed E-state index contributed by atoms with van der Waals surface area (Å²) in [6, 6.07) is 14.8. The first-order valence-corrected chi connectivity index (χ1v) is 6.58. The second-order valence-electron chi connectivity index (χ2n) is 4.83. The van der Waals surface area contributed by atoms with Crippen LogP contribution in [0.15, 0.2) is 54.6 Å². The highest BCUT2D eigenvalue weighted by Gasteiger charge is 2.17. The molecule has 0 saturated carbocycles. The summed E-state index contributed by atoms with van der Waals surface area (Å²) >= 11 is 0. The number of anilines is 1. The van der Waals surface area contributed by atoms with E-state index in [1.54, 1.807) is 6.08 Å². The third kappa shape index (κ3) is 2.43. The first kappa shape index (κ1) is 12.5. The Kier molecular flexibility index (Phi) is 3.25. The lowest BCUT2D eigenvalue weighted by Gasteiger charge is -2.06. The predicted molar refractivity (Wildman–Crippen MR) is 79.9 cm³/mol. The van der Waals surface area contributed by atoms with Crippen LogP contribution in [-0.4, -0.2) is 17.6 Å². The minimum absolute atomic E-state index is 0.512. The molecule has 2 aromatic rings. The van der Waals surface area contributed by atoms with Crippen LogP contribution in [0.25, 0.3) is 11.1 Å². The molecule has 0 spiro atoms. The molecule has 0 aromatic heterocycles. The molecule has 0 amide bonds. The largest absolute Gasteiger partial charge is 0.478 e. The zero-order chi connectivity index (χ0) is 13.9. The third-order valence-corrected chi connectivity index (χ3v) is 3.48. The van der Waals surface area contributed by atoms with Crippen molar-refractivity contribution in [2.75, 3.05) is 11.9 Å². The fourth-order valence-electron chi connectivity index (χ4n) is 2.59. The van der Waals surface area contributed by atoms with Crippen LogP contribution in [0.4, 0.5) is 5.69 Å². The summed E-state index contributed by atoms with van der Waals surface area (Å²) in [5.41, 5.74) is 6.32. The summed E-state index contributed by atoms with van der Waals surface area (Å²) in [5, 5.41) is 11.7. The number of rotatable bonds is 4. The molecule has 0 aliphatic heterocycles. The summed E-state index contributed by atoms with van der Waals surface area (Å²) in [5.74, 6) is -0.920. The van der Waals surface area contributed by atoms with Crippen LogP contribution in [0.5, 0.6) is 0 Å². The highest BCUT2D eigenvalue weighted by molar-refractivity contribution is 5.80. The number of carboxylic acid groups (broad SMARTS) is 1. The van der Waals surface area contributed by atoms with Gasteiger partial charge >= 0.3 is 5.97 Å². The monoisotopic (exact) mass is 265 g/mol. The standard InChI is InChI=1S/C17H15NO2/c19-17(20)6-3-9-18-14-7-8-16-13(11-14)10-12-4-1-2-5-15(12)16/h1-8,11,18H,9-10H2,(H,19,20)/b6-3+. The van der Waals surface area contributed by atoms with Gasteiger partial charge in [0.2, 0.25) is 0 Å². The SMILES string of the molecule is O=C(O)/C=C/CNc1ccc2c(c1)Cc1ccccc1-2. The van der Waals surface area contributed by atoms with Crippen LogP contribution in [0.3, 0.4) is 0 Å². The molecule has 0 saturated heterocycles. The van der Waals surface area contributed by atoms with Gasteiger partial charge in [-0.05, 0) is 40.8 Å². The Morgan fingerprint density at radius 2 is 1.95 bits per heavy atom. The van der Waals surface area contributed by atoms with E-state index in [1.165, 1.54) is 22.3 Å². The van der Waals surface area contributed by atoms with Gasteiger partial charge in [-0.25, -0.2) is 4.79 Å². The van der Waals surface area contributed by atoms with Gasteiger partial charge in [0.15, 0.2) is 0 Å². The van der Waals surface area contributed by atoms with E-state index in [-0.39, 0.29) is 0 Å². The number of carbonyl (C=O) groups is 1. The lowest BCUT2D eigenvalue weighted by atomic mass is 10.1. The summed E-state index contributed by atoms with van der Waals surface area (Å²) in [6.45, 7) is 0.512. The van der Waals surface area contributed by atoms with Crippen LogP contribution in [0.2, 0.25) is 0 Å². The molecule has 3 rings (SSSR count). The molecule has 0 fully saturated rings. The molecular formula is C17H15NO2. The van der Waals surface area contributed by atoms with Crippen LogP contribution < -0.4 is 5.32 Å². The Balaban J connectivity index is 1.76. The van der Waals surface area contributed by atoms with Crippen molar-refractivity contribution in [1.82, 2.24) is 0 Å². The van der Waals surface area contributed by atoms with E-state index < -0.39 is 5.97 Å². The average Bonchev–Trinajstić information content (AvgIpc) is 2.81. The second-order valence-corrected chi connectivity index (χ2v) is 4.83. The first-order valence-electron chi connectivity index (χ1n) is 6.58. The van der Waals surface area contributed by atoms with Crippen molar-refractivity contribution < 1.29 is 9.90 Å². The molecule has 20 heavy (non-hydrogen) atoms. The fourth-order valence-corrected chi connectivity index (χ4v) is 2.59. The molecule has 1 aliphatic rings. The zero-order valence-corrected chi connectivity index (χ0v) is 11.0. The third-order valence-electron chi connectivity index (χ3n) is 3.48. The number of aliphatic carboxylic acids is 1. The first-order chi connectivity index (χ1) is 9.74. The smallest absolute Gasteiger partial charge is 0.328 e. The van der Waals surface area contributed by atoms with Gasteiger partial charge in [0.1, 0.15) is 0 Å². The molecule has 1 aliphatic carbocycles. The molecule has 0 bridgehead atoms. The Hall–Kier alpha value is -2.55. The second kappa shape index (κ2) is 5.21. The molecule has 2 aromatic carbocycles. The van der Waals surface area contributed by atoms with Crippen molar-refractivity contribution in [1.29, 1.82) is 0 Å². The number of fused-ring (bicyclic) bond motifs is 3. The molecule has 0 radical (unpaired) electrons. The van der Waals surface area contributed by atoms with Crippen LogP contribution in [0, 0.1) is 0 Å². The molecule has 3 heteroatoms. The van der Waals surface area contributed by atoms with Gasteiger partial charge < -0.3 is 10.4 Å². The lowest BCUT2D eigenvalue weighted by Crippen LogP contribution is -1.99. The highest BCUT2D eigenvalue weighted by Crippen LogP contribution is 2.37. The Labute approximate surface area is 117 Å². The lowest BCUT2D eigenvalue weighted by molar-refractivity contribution is -0.131. The van der Waals surface area contributed by atoms with Crippen molar-refractivity contribution in [3.63, 3.8) is 0 Å². The van der Waals surface area contributed by atoms with Gasteiger partial charge in [-0.15, -0.1) is 0 Å². The van der Waals surface area contributed by atoms with Gasteiger partial charge in [0.05, 0.1) is 0 Å². The van der Waals surface area contributed by atoms with E-state index in [9.17, 15) is 4.79 Å². The number of hydrogen-bond donors (Lipinski definition) is 2. The van der Waals surface area contributed by atoms with Gasteiger partial charge in [0, 0.05) is 18.3 Å². The topological polar surface area (TPSA) is 49.3 Å². The van der Waals surface area contributed by atoms with Crippen molar-refractivity contribution in [2.24, 2.45) is 0 Å². The van der Waals surface area contributed by atoms with Crippen molar-refractivity contribution in [3.8, 4) is 11.1 Å². The minimum Gasteiger partial charge on any atom is -0.478 e. The quantitative estimate of drug-likeness (QED) is 0.711. The molecule has 2 N–H and O–H groups in total. The number of benzene rings is 2. The van der Waals surface area contributed by atoms with Crippen LogP contribution in [-0.2, 0) is 11.2 Å². The van der Waals surface area contributed by atoms with Crippen molar-refractivity contribution in [2.45, 2.75) is 6.42 Å². The Bertz CT molecular complexity index is 689. The molecule has 0 heterocycles. The Morgan fingerprint density at radius 3 is 2.80 bits per heavy atom. The predicted octanol–water partition coefficient (Wildman–Crippen LogP) is 3.31. The molecule has 0 atom stereocenters. The van der Waals surface area contributed by atoms with Crippen LogP contribution >= 0.6 is 0 Å². The summed E-state index contributed by atoms with van der Waals surface area (Å²) in [7, 11) is 0. The Morgan fingerprint density at radius 1 is 1.15 bits per heavy atom. The summed E-state index contributed by atoms with van der Waals surface area (Å²) < 4.78 is 0. The summed E-state index contributed by atoms with van der Waals surface area (Å²) in [6.07, 6.45) is 3.71. The van der Waals surface area contributed by atoms with Crippen molar-refractivity contribution >= 4 is 11.7 Å². The summed E-state index contributed by atoms with van der Waals surface area (Å²) in [4.78, 5) is 10.4. The number of nitrogens with one attached hydrogen (secondary N) is 1. The van der Waals surface area contributed by atoms with Gasteiger partial charge in [0.25, 0.3) is 0 Å². The number of carboxylic acids is 1. The van der Waals surface area contributed by atoms with E-state index in [1.807, 2.05) is 6.07 Å². The minimum atomic E-state index is -0.920. The van der Waals surface area contributed by atoms with E-state index in [4.69, 9.17) is 5.11 Å². The van der Waals surface area contributed by atoms with E-state index in [2.05, 4.69) is 41.7 Å². The van der Waals surface area contributed by atoms with Crippen molar-refractivity contribution in [3.05, 3.63) is 65.7 Å². The maximum atomic E-state index is 10.4. The van der Waals surface area contributed by atoms with Gasteiger partial charge in [-0.3, -0.25) is 0 Å². The fraction of sp³-hybridized carbons (Fsp3) is 0.118. The van der Waals surface area contributed by atoms with Gasteiger partial charge in [-0.2, -0.15) is 0 Å². The molecular weight excluding hydrogens is 250 g/mol. The maximum Gasteiger partial charge on any atom is 0.328 e. The number of hydrogen-bond acceptors (Lipinski definition) is 2. The van der Waals surface area contributed by atoms with Crippen LogP contribution in [0.1, 0.15) is 11.1 Å². The highest BCUT2D eigenvalue weighted by atomic mass is 16.4. The molecule has 3 nitrogen and oxygen atoms in total. The van der Waals surface area contributed by atoms with E-state index in [0.717, 1.165) is 18.2 Å². The molecule has 0 unspecified atom stereocenters. The normalized spacial score (nSPS) is 12.2. The zero-order valence-electron chi connectivity index (χ0n) is 11.0. The van der Waals surface area contributed by atoms with Gasteiger partial charge in [-0.1, -0.05) is 36.4 Å². The molecule has 100 valence electrons. The maximum absolute atomic E-state index is 10.4. The average molecular weight is 265 g/mol. The van der Waals surface area contributed by atoms with E-state index >= 15 is 0 Å². The van der Waals surface area contributed by atoms with E-state index in [0.29, 0.717) is 6.54 Å².